The first-order chi connectivity index (χ1) is 11.2. The lowest BCUT2D eigenvalue weighted by molar-refractivity contribution is 0.0963. The van der Waals surface area contributed by atoms with Crippen LogP contribution in [0.25, 0.3) is 0 Å². The number of hydrogen-bond acceptors (Lipinski definition) is 3. The lowest BCUT2D eigenvalue weighted by Crippen LogP contribution is -2.51. The van der Waals surface area contributed by atoms with Gasteiger partial charge in [0.15, 0.2) is 0 Å². The molecule has 126 valence electrons. The van der Waals surface area contributed by atoms with E-state index in [4.69, 9.17) is 0 Å². The largest absolute Gasteiger partial charge is 0.368 e. The Labute approximate surface area is 147 Å². The lowest BCUT2D eigenvalue weighted by atomic mass is 9.94. The molecular formula is C18H26BrN3O. The predicted molar refractivity (Wildman–Crippen MR) is 98.2 cm³/mol. The van der Waals surface area contributed by atoms with Gasteiger partial charge in [0, 0.05) is 43.7 Å². The van der Waals surface area contributed by atoms with E-state index in [2.05, 4.69) is 37.1 Å². The summed E-state index contributed by atoms with van der Waals surface area (Å²) in [6, 6.07) is 6.70. The Balaban J connectivity index is 1.69. The number of piperazine rings is 1. The Morgan fingerprint density at radius 2 is 1.83 bits per heavy atom. The van der Waals surface area contributed by atoms with E-state index < -0.39 is 0 Å². The van der Waals surface area contributed by atoms with Crippen LogP contribution in [0.4, 0.5) is 5.69 Å². The number of hydrogen-bond donors (Lipinski definition) is 1. The summed E-state index contributed by atoms with van der Waals surface area (Å²) in [5.41, 5.74) is 1.81. The molecule has 1 saturated carbocycles. The van der Waals surface area contributed by atoms with Crippen molar-refractivity contribution in [1.82, 2.24) is 10.2 Å². The number of nitrogens with zero attached hydrogens (tertiary/aromatic N) is 2. The summed E-state index contributed by atoms with van der Waals surface area (Å²) >= 11 is 3.54. The van der Waals surface area contributed by atoms with Gasteiger partial charge in [-0.05, 0) is 31.0 Å². The molecule has 1 saturated heterocycles. The highest BCUT2D eigenvalue weighted by molar-refractivity contribution is 9.10. The van der Waals surface area contributed by atoms with E-state index in [1.54, 1.807) is 7.05 Å². The first kappa shape index (κ1) is 16.8. The zero-order chi connectivity index (χ0) is 16.2. The minimum absolute atomic E-state index is 0.0118. The fraction of sp³-hybridized carbons (Fsp3) is 0.611. The van der Waals surface area contributed by atoms with Crippen molar-refractivity contribution < 1.29 is 4.79 Å². The van der Waals surface area contributed by atoms with Crippen LogP contribution in [0.3, 0.4) is 0 Å². The number of anilines is 1. The molecule has 23 heavy (non-hydrogen) atoms. The minimum Gasteiger partial charge on any atom is -0.368 e. The van der Waals surface area contributed by atoms with Crippen LogP contribution in [0.1, 0.15) is 42.5 Å². The highest BCUT2D eigenvalue weighted by Gasteiger charge is 2.26. The Morgan fingerprint density at radius 3 is 2.48 bits per heavy atom. The maximum Gasteiger partial charge on any atom is 0.253 e. The first-order valence-corrected chi connectivity index (χ1v) is 9.49. The molecule has 5 heteroatoms. The highest BCUT2D eigenvalue weighted by atomic mass is 79.9. The third-order valence-corrected chi connectivity index (χ3v) is 5.67. The summed E-state index contributed by atoms with van der Waals surface area (Å²) in [5, 5.41) is 2.75. The van der Waals surface area contributed by atoms with Crippen molar-refractivity contribution in [3.63, 3.8) is 0 Å². The van der Waals surface area contributed by atoms with Gasteiger partial charge in [-0.2, -0.15) is 0 Å². The fourth-order valence-corrected chi connectivity index (χ4v) is 4.22. The molecule has 0 aromatic heterocycles. The van der Waals surface area contributed by atoms with Crippen LogP contribution in [-0.2, 0) is 0 Å². The van der Waals surface area contributed by atoms with Gasteiger partial charge in [0.25, 0.3) is 5.91 Å². The molecular weight excluding hydrogens is 354 g/mol. The summed E-state index contributed by atoms with van der Waals surface area (Å²) in [6.07, 6.45) is 6.90. The van der Waals surface area contributed by atoms with Gasteiger partial charge >= 0.3 is 0 Å². The van der Waals surface area contributed by atoms with Gasteiger partial charge in [-0.3, -0.25) is 9.69 Å². The molecule has 1 aromatic carbocycles. The quantitative estimate of drug-likeness (QED) is 0.875. The molecule has 1 aliphatic carbocycles. The van der Waals surface area contributed by atoms with Crippen molar-refractivity contribution in [2.24, 2.45) is 0 Å². The molecule has 0 radical (unpaired) electrons. The third kappa shape index (κ3) is 3.89. The van der Waals surface area contributed by atoms with Crippen LogP contribution in [0.15, 0.2) is 22.7 Å². The molecule has 4 nitrogen and oxygen atoms in total. The Kier molecular flexibility index (Phi) is 5.59. The molecule has 0 bridgehead atoms. The van der Waals surface area contributed by atoms with Gasteiger partial charge in [-0.1, -0.05) is 35.2 Å². The Hall–Kier alpha value is -1.07. The molecule has 1 amide bonds. The minimum atomic E-state index is -0.0118. The van der Waals surface area contributed by atoms with Crippen LogP contribution in [0.5, 0.6) is 0 Å². The number of benzene rings is 1. The second-order valence-electron chi connectivity index (χ2n) is 6.56. The second-order valence-corrected chi connectivity index (χ2v) is 7.47. The van der Waals surface area contributed by atoms with Crippen molar-refractivity contribution in [2.75, 3.05) is 38.1 Å². The number of carbonyl (C=O) groups is 1. The van der Waals surface area contributed by atoms with Crippen molar-refractivity contribution in [2.45, 2.75) is 38.1 Å². The van der Waals surface area contributed by atoms with Crippen LogP contribution >= 0.6 is 15.9 Å². The Morgan fingerprint density at radius 1 is 1.13 bits per heavy atom. The zero-order valence-electron chi connectivity index (χ0n) is 13.9. The average molecular weight is 380 g/mol. The third-order valence-electron chi connectivity index (χ3n) is 5.18. The van der Waals surface area contributed by atoms with Crippen LogP contribution in [0, 0.1) is 0 Å². The first-order valence-electron chi connectivity index (χ1n) is 8.69. The lowest BCUT2D eigenvalue weighted by Gasteiger charge is -2.42. The maximum atomic E-state index is 12.1. The molecule has 0 unspecified atom stereocenters. The summed E-state index contributed by atoms with van der Waals surface area (Å²) in [7, 11) is 1.69. The van der Waals surface area contributed by atoms with Crippen molar-refractivity contribution in [3.8, 4) is 0 Å². The van der Waals surface area contributed by atoms with Gasteiger partial charge < -0.3 is 10.2 Å². The number of amides is 1. The van der Waals surface area contributed by atoms with E-state index in [1.807, 2.05) is 12.1 Å². The molecule has 1 aromatic rings. The molecule has 1 heterocycles. The summed E-state index contributed by atoms with van der Waals surface area (Å²) < 4.78 is 1.02. The molecule has 0 spiro atoms. The van der Waals surface area contributed by atoms with Gasteiger partial charge in [0.2, 0.25) is 0 Å². The Bertz CT molecular complexity index is 549. The van der Waals surface area contributed by atoms with Gasteiger partial charge in [-0.25, -0.2) is 0 Å². The van der Waals surface area contributed by atoms with Crippen LogP contribution in [0.2, 0.25) is 0 Å². The average Bonchev–Trinajstić information content (AvgIpc) is 2.62. The SMILES string of the molecule is CNC(=O)c1ccc(Br)cc1N1CCN(C2CCCCC2)CC1. The highest BCUT2D eigenvalue weighted by Crippen LogP contribution is 2.28. The molecule has 1 N–H and O–H groups in total. The van der Waals surface area contributed by atoms with E-state index in [0.717, 1.165) is 47.9 Å². The topological polar surface area (TPSA) is 35.6 Å². The monoisotopic (exact) mass is 379 g/mol. The number of rotatable bonds is 3. The van der Waals surface area contributed by atoms with Crippen molar-refractivity contribution >= 4 is 27.5 Å². The van der Waals surface area contributed by atoms with E-state index in [0.29, 0.717) is 0 Å². The van der Waals surface area contributed by atoms with E-state index in [1.165, 1.54) is 32.1 Å². The number of nitrogens with one attached hydrogen (secondary N) is 1. The summed E-state index contributed by atoms with van der Waals surface area (Å²) in [6.45, 7) is 4.20. The van der Waals surface area contributed by atoms with E-state index in [9.17, 15) is 4.79 Å². The normalized spacial score (nSPS) is 20.5. The van der Waals surface area contributed by atoms with Gasteiger partial charge in [-0.15, -0.1) is 0 Å². The second kappa shape index (κ2) is 7.67. The van der Waals surface area contributed by atoms with E-state index >= 15 is 0 Å². The number of carbonyl (C=O) groups excluding carboxylic acids is 1. The summed E-state index contributed by atoms with van der Waals surface area (Å²) in [5.74, 6) is -0.0118. The van der Waals surface area contributed by atoms with Crippen molar-refractivity contribution in [3.05, 3.63) is 28.2 Å². The predicted octanol–water partition coefficient (Wildman–Crippen LogP) is 3.26. The molecule has 0 atom stereocenters. The molecule has 2 aliphatic rings. The van der Waals surface area contributed by atoms with Crippen LogP contribution in [-0.4, -0.2) is 50.1 Å². The molecule has 2 fully saturated rings. The zero-order valence-corrected chi connectivity index (χ0v) is 15.4. The molecule has 1 aliphatic heterocycles. The molecule has 3 rings (SSSR count). The number of halogens is 1. The standard InChI is InChI=1S/C18H26BrN3O/c1-20-18(23)16-8-7-14(19)13-17(16)22-11-9-21(10-12-22)15-5-3-2-4-6-15/h7-8,13,15H,2-6,9-12H2,1H3,(H,20,23). The summed E-state index contributed by atoms with van der Waals surface area (Å²) in [4.78, 5) is 17.2. The van der Waals surface area contributed by atoms with Crippen molar-refractivity contribution in [1.29, 1.82) is 0 Å². The van der Waals surface area contributed by atoms with Crippen LogP contribution < -0.4 is 10.2 Å². The van der Waals surface area contributed by atoms with Gasteiger partial charge in [0.1, 0.15) is 0 Å². The van der Waals surface area contributed by atoms with Gasteiger partial charge in [0.05, 0.1) is 11.3 Å². The fourth-order valence-electron chi connectivity index (χ4n) is 3.87. The van der Waals surface area contributed by atoms with E-state index in [-0.39, 0.29) is 5.91 Å². The smallest absolute Gasteiger partial charge is 0.253 e. The maximum absolute atomic E-state index is 12.1.